The van der Waals surface area contributed by atoms with Crippen LogP contribution in [0.4, 0.5) is 18.0 Å². The van der Waals surface area contributed by atoms with E-state index in [1.807, 2.05) is 6.07 Å². The number of aliphatic carboxylic acids is 1. The second kappa shape index (κ2) is 20.9. The summed E-state index contributed by atoms with van der Waals surface area (Å²) in [6.07, 6.45) is -1.33. The highest BCUT2D eigenvalue weighted by Gasteiger charge is 2.38. The molecule has 2 amide bonds. The molecule has 1 aliphatic heterocycles. The van der Waals surface area contributed by atoms with Crippen LogP contribution in [0.25, 0.3) is 11.1 Å². The molecule has 5 aromatic carbocycles. The lowest BCUT2D eigenvalue weighted by Gasteiger charge is -2.39. The van der Waals surface area contributed by atoms with Gasteiger partial charge in [-0.15, -0.1) is 0 Å². The molecule has 1 fully saturated rings. The summed E-state index contributed by atoms with van der Waals surface area (Å²) in [5.74, 6) is -2.76. The first-order valence-corrected chi connectivity index (χ1v) is 18.7. The summed E-state index contributed by atoms with van der Waals surface area (Å²) in [6, 6.07) is 49.3. The van der Waals surface area contributed by atoms with Crippen LogP contribution in [0.1, 0.15) is 40.7 Å². The molecular formula is C45H49F3N4O3. The van der Waals surface area contributed by atoms with Crippen molar-refractivity contribution >= 4 is 12.0 Å². The maximum atomic E-state index is 14.0. The second-order valence-corrected chi connectivity index (χ2v) is 13.7. The van der Waals surface area contributed by atoms with E-state index < -0.39 is 12.1 Å². The van der Waals surface area contributed by atoms with Gasteiger partial charge in [0.1, 0.15) is 0 Å². The van der Waals surface area contributed by atoms with Gasteiger partial charge in [0, 0.05) is 45.3 Å². The first-order valence-electron chi connectivity index (χ1n) is 18.7. The molecule has 7 nitrogen and oxygen atoms in total. The van der Waals surface area contributed by atoms with Gasteiger partial charge < -0.3 is 20.6 Å². The number of carbonyl (C=O) groups excluding carboxylic acids is 1. The van der Waals surface area contributed by atoms with Crippen molar-refractivity contribution in [3.63, 3.8) is 0 Å². The van der Waals surface area contributed by atoms with Crippen LogP contribution in [0, 0.1) is 0 Å². The highest BCUT2D eigenvalue weighted by Crippen LogP contribution is 2.28. The van der Waals surface area contributed by atoms with Crippen LogP contribution >= 0.6 is 0 Å². The molecule has 1 aliphatic rings. The maximum absolute atomic E-state index is 14.0. The number of nitrogens with one attached hydrogen (secondary N) is 2. The molecule has 1 heterocycles. The molecule has 6 rings (SSSR count). The number of rotatable bonds is 14. The molecule has 0 saturated carbocycles. The third kappa shape index (κ3) is 13.4. The summed E-state index contributed by atoms with van der Waals surface area (Å²) in [5.41, 5.74) is 8.74. The van der Waals surface area contributed by atoms with Gasteiger partial charge in [-0.1, -0.05) is 133 Å². The van der Waals surface area contributed by atoms with Gasteiger partial charge in [-0.2, -0.15) is 13.2 Å². The van der Waals surface area contributed by atoms with Crippen LogP contribution in [0.3, 0.4) is 0 Å². The standard InChI is InChI=1S/C43H48N4O.C2HF3O2/c48-43(45-28-24-36-15-6-2-7-16-36)47(41-25-29-46(30-26-41)33-37-17-8-3-9-18-37)34-40-20-10-11-22-42(40)39-21-12-19-38(31-39)32-44-27-23-35-13-4-1-5-14-35;3-2(4,5)1(6)7/h1-22,31,41,44H,23-30,32-34H2,(H,45,48);(H,6,7). The monoisotopic (exact) mass is 750 g/mol. The first-order chi connectivity index (χ1) is 26.7. The van der Waals surface area contributed by atoms with Gasteiger partial charge in [0.25, 0.3) is 0 Å². The normalized spacial score (nSPS) is 13.4. The van der Waals surface area contributed by atoms with E-state index in [-0.39, 0.29) is 12.1 Å². The summed E-state index contributed by atoms with van der Waals surface area (Å²) in [7, 11) is 0. The predicted octanol–water partition coefficient (Wildman–Crippen LogP) is 8.74. The average molecular weight is 751 g/mol. The Morgan fingerprint density at radius 3 is 1.82 bits per heavy atom. The smallest absolute Gasteiger partial charge is 0.475 e. The zero-order valence-electron chi connectivity index (χ0n) is 30.9. The van der Waals surface area contributed by atoms with E-state index in [0.29, 0.717) is 13.1 Å². The van der Waals surface area contributed by atoms with Crippen LogP contribution < -0.4 is 10.6 Å². The molecule has 3 N–H and O–H groups in total. The number of carboxylic acids is 1. The number of likely N-dealkylation sites (tertiary alicyclic amines) is 1. The number of benzene rings is 5. The number of amides is 2. The van der Waals surface area contributed by atoms with Gasteiger partial charge >= 0.3 is 18.2 Å². The van der Waals surface area contributed by atoms with E-state index in [2.05, 4.69) is 154 Å². The lowest BCUT2D eigenvalue weighted by molar-refractivity contribution is -0.192. The maximum Gasteiger partial charge on any atom is 0.490 e. The largest absolute Gasteiger partial charge is 0.490 e. The van der Waals surface area contributed by atoms with Gasteiger partial charge in [-0.3, -0.25) is 4.90 Å². The molecule has 5 aromatic rings. The summed E-state index contributed by atoms with van der Waals surface area (Å²) in [6.45, 7) is 5.87. The van der Waals surface area contributed by atoms with E-state index >= 15 is 0 Å². The molecule has 1 saturated heterocycles. The van der Waals surface area contributed by atoms with E-state index in [0.717, 1.165) is 58.4 Å². The minimum atomic E-state index is -5.08. The predicted molar refractivity (Wildman–Crippen MR) is 211 cm³/mol. The van der Waals surface area contributed by atoms with Crippen LogP contribution in [0.2, 0.25) is 0 Å². The Bertz CT molecular complexity index is 1900. The minimum Gasteiger partial charge on any atom is -0.475 e. The van der Waals surface area contributed by atoms with Gasteiger partial charge in [-0.25, -0.2) is 9.59 Å². The quantitative estimate of drug-likeness (QED) is 0.0990. The Morgan fingerprint density at radius 1 is 0.691 bits per heavy atom. The fourth-order valence-electron chi connectivity index (χ4n) is 6.74. The average Bonchev–Trinajstić information content (AvgIpc) is 3.20. The zero-order chi connectivity index (χ0) is 38.9. The summed E-state index contributed by atoms with van der Waals surface area (Å²) in [5, 5.41) is 14.0. The van der Waals surface area contributed by atoms with Crippen LogP contribution in [-0.4, -0.2) is 65.3 Å². The third-order valence-corrected chi connectivity index (χ3v) is 9.64. The van der Waals surface area contributed by atoms with Gasteiger partial charge in [0.2, 0.25) is 0 Å². The van der Waals surface area contributed by atoms with Gasteiger partial charge in [-0.05, 0) is 77.2 Å². The number of hydrogen-bond acceptors (Lipinski definition) is 4. The number of urea groups is 1. The number of halogens is 3. The Labute approximate surface area is 321 Å². The van der Waals surface area contributed by atoms with Crippen LogP contribution in [0.5, 0.6) is 0 Å². The molecule has 10 heteroatoms. The van der Waals surface area contributed by atoms with Crippen LogP contribution in [0.15, 0.2) is 140 Å². The Hall–Kier alpha value is -5.45. The molecule has 55 heavy (non-hydrogen) atoms. The molecule has 0 spiro atoms. The van der Waals surface area contributed by atoms with E-state index in [4.69, 9.17) is 9.90 Å². The minimum absolute atomic E-state index is 0.0265. The molecule has 0 aromatic heterocycles. The summed E-state index contributed by atoms with van der Waals surface area (Å²) < 4.78 is 31.7. The highest BCUT2D eigenvalue weighted by atomic mass is 19.4. The Morgan fingerprint density at radius 2 is 1.22 bits per heavy atom. The number of alkyl halides is 3. The molecule has 0 aliphatic carbocycles. The van der Waals surface area contributed by atoms with Crippen LogP contribution in [-0.2, 0) is 37.3 Å². The van der Waals surface area contributed by atoms with E-state index in [9.17, 15) is 18.0 Å². The topological polar surface area (TPSA) is 84.9 Å². The van der Waals surface area contributed by atoms with E-state index in [1.165, 1.54) is 38.9 Å². The first kappa shape index (κ1) is 40.7. The molecule has 0 unspecified atom stereocenters. The van der Waals surface area contributed by atoms with Crippen molar-refractivity contribution in [2.45, 2.75) is 57.5 Å². The molecule has 0 atom stereocenters. The van der Waals surface area contributed by atoms with Crippen molar-refractivity contribution in [3.8, 4) is 11.1 Å². The number of piperidine rings is 1. The third-order valence-electron chi connectivity index (χ3n) is 9.64. The Balaban J connectivity index is 0.000000757. The van der Waals surface area contributed by atoms with Crippen molar-refractivity contribution in [3.05, 3.63) is 167 Å². The molecular weight excluding hydrogens is 702 g/mol. The van der Waals surface area contributed by atoms with Crippen molar-refractivity contribution in [2.24, 2.45) is 0 Å². The fraction of sp³-hybridized carbons (Fsp3) is 0.289. The van der Waals surface area contributed by atoms with Crippen molar-refractivity contribution in [1.82, 2.24) is 20.4 Å². The number of hydrogen-bond donors (Lipinski definition) is 3. The fourth-order valence-corrected chi connectivity index (χ4v) is 6.74. The lowest BCUT2D eigenvalue weighted by atomic mass is 9.96. The van der Waals surface area contributed by atoms with E-state index in [1.54, 1.807) is 0 Å². The van der Waals surface area contributed by atoms with Gasteiger partial charge in [0.05, 0.1) is 0 Å². The van der Waals surface area contributed by atoms with Crippen molar-refractivity contribution < 1.29 is 27.9 Å². The highest BCUT2D eigenvalue weighted by molar-refractivity contribution is 5.76. The second-order valence-electron chi connectivity index (χ2n) is 13.7. The zero-order valence-corrected chi connectivity index (χ0v) is 30.9. The van der Waals surface area contributed by atoms with Gasteiger partial charge in [0.15, 0.2) is 0 Å². The van der Waals surface area contributed by atoms with Crippen molar-refractivity contribution in [2.75, 3.05) is 26.2 Å². The number of nitrogens with zero attached hydrogens (tertiary/aromatic N) is 2. The molecule has 0 radical (unpaired) electrons. The number of carboxylic acid groups (broad SMARTS) is 1. The Kier molecular flexibility index (Phi) is 15.4. The summed E-state index contributed by atoms with van der Waals surface area (Å²) in [4.78, 5) is 27.5. The summed E-state index contributed by atoms with van der Waals surface area (Å²) >= 11 is 0. The lowest BCUT2D eigenvalue weighted by Crippen LogP contribution is -2.50. The molecule has 288 valence electrons. The number of carbonyl (C=O) groups is 2. The molecule has 0 bridgehead atoms. The van der Waals surface area contributed by atoms with Crippen molar-refractivity contribution in [1.29, 1.82) is 0 Å². The SMILES string of the molecule is O=C(NCCc1ccccc1)N(Cc1ccccc1-c1cccc(CNCCc2ccccc2)c1)C1CCN(Cc2ccccc2)CC1.O=C(O)C(F)(F)F.